The summed E-state index contributed by atoms with van der Waals surface area (Å²) in [7, 11) is 0. The third kappa shape index (κ3) is 6.20. The number of aromatic nitrogens is 4. The third-order valence-corrected chi connectivity index (χ3v) is 8.03. The highest BCUT2D eigenvalue weighted by Crippen LogP contribution is 2.54. The Bertz CT molecular complexity index is 1130. The summed E-state index contributed by atoms with van der Waals surface area (Å²) in [6, 6.07) is 1.65. The van der Waals surface area contributed by atoms with Crippen LogP contribution >= 0.6 is 11.9 Å². The van der Waals surface area contributed by atoms with Crippen LogP contribution in [0, 0.1) is 12.3 Å². The van der Waals surface area contributed by atoms with Crippen molar-refractivity contribution >= 4 is 41.4 Å². The second-order valence-electron chi connectivity index (χ2n) is 10.1. The first-order valence-corrected chi connectivity index (χ1v) is 13.6. The van der Waals surface area contributed by atoms with Gasteiger partial charge in [0.2, 0.25) is 11.9 Å². The maximum atomic E-state index is 13.6. The van der Waals surface area contributed by atoms with Crippen LogP contribution in [0.3, 0.4) is 0 Å². The predicted octanol–water partition coefficient (Wildman–Crippen LogP) is 3.50. The number of piperidine rings is 2. The van der Waals surface area contributed by atoms with Crippen molar-refractivity contribution < 1.29 is 18.7 Å². The van der Waals surface area contributed by atoms with E-state index in [0.717, 1.165) is 25.9 Å². The molecule has 1 spiro atoms. The number of hydrogen-bond acceptors (Lipinski definition) is 10. The highest BCUT2D eigenvalue weighted by molar-refractivity contribution is 8.00. The summed E-state index contributed by atoms with van der Waals surface area (Å²) in [5.41, 5.74) is 1.43. The molecule has 1 amide bonds. The number of anilines is 4. The molecule has 3 aliphatic rings. The highest BCUT2D eigenvalue weighted by Gasteiger charge is 2.45. The number of carbonyl (C=O) groups is 1. The Morgan fingerprint density at radius 1 is 1.05 bits per heavy atom. The van der Waals surface area contributed by atoms with Crippen LogP contribution in [0.25, 0.3) is 0 Å². The Hall–Kier alpha value is -2.80. The van der Waals surface area contributed by atoms with Crippen LogP contribution in [0.1, 0.15) is 54.6 Å². The fourth-order valence-electron chi connectivity index (χ4n) is 4.83. The van der Waals surface area contributed by atoms with E-state index >= 15 is 0 Å². The second-order valence-corrected chi connectivity index (χ2v) is 11.0. The van der Waals surface area contributed by atoms with Gasteiger partial charge in [0.15, 0.2) is 0 Å². The van der Waals surface area contributed by atoms with Gasteiger partial charge in [-0.1, -0.05) is 0 Å². The first-order chi connectivity index (χ1) is 17.8. The largest absolute Gasteiger partial charge is 0.395 e. The number of carbonyl (C=O) groups excluding carboxylic acids is 1. The second kappa shape index (κ2) is 10.5. The van der Waals surface area contributed by atoms with Crippen molar-refractivity contribution in [1.29, 1.82) is 0 Å². The van der Waals surface area contributed by atoms with E-state index in [9.17, 15) is 13.6 Å². The molecule has 1 saturated carbocycles. The van der Waals surface area contributed by atoms with Crippen LogP contribution < -0.4 is 19.8 Å². The van der Waals surface area contributed by atoms with Gasteiger partial charge in [0.05, 0.1) is 6.61 Å². The maximum absolute atomic E-state index is 13.6. The average molecular weight is 535 g/mol. The quantitative estimate of drug-likeness (QED) is 0.343. The van der Waals surface area contributed by atoms with E-state index < -0.39 is 11.8 Å². The van der Waals surface area contributed by atoms with Gasteiger partial charge >= 0.3 is 0 Å². The Labute approximate surface area is 218 Å². The molecule has 5 rings (SSSR count). The zero-order valence-electron chi connectivity index (χ0n) is 20.8. The lowest BCUT2D eigenvalue weighted by molar-refractivity contribution is -0.0222. The molecule has 3 fully saturated rings. The van der Waals surface area contributed by atoms with E-state index in [1.807, 2.05) is 0 Å². The number of alkyl halides is 2. The summed E-state index contributed by atoms with van der Waals surface area (Å²) in [6.45, 7) is 3.75. The van der Waals surface area contributed by atoms with Crippen molar-refractivity contribution in [2.45, 2.75) is 51.4 Å². The van der Waals surface area contributed by atoms with Gasteiger partial charge in [0.1, 0.15) is 17.2 Å². The standard InChI is InChI=1S/C24H32F2N8O2S/c1-16-14-18(30-22(28-16)34-10-6-24(25,26)7-11-34)29-20(36)17-15-27-21(32-37-13-12-35)31-19(17)33-8-4-23(2-3-23)5-9-33/h14-15,35H,2-13H2,1H3,(H,27,31,32)(H,28,29,30,36). The van der Waals surface area contributed by atoms with Crippen LogP contribution in [0.2, 0.25) is 0 Å². The lowest BCUT2D eigenvalue weighted by Gasteiger charge is -2.34. The fraction of sp³-hybridized carbons (Fsp3) is 0.625. The third-order valence-electron chi connectivity index (χ3n) is 7.31. The van der Waals surface area contributed by atoms with Gasteiger partial charge in [-0.2, -0.15) is 9.97 Å². The summed E-state index contributed by atoms with van der Waals surface area (Å²) in [5, 5.41) is 11.9. The van der Waals surface area contributed by atoms with E-state index in [1.54, 1.807) is 17.9 Å². The van der Waals surface area contributed by atoms with Crippen LogP contribution in [0.15, 0.2) is 12.3 Å². The van der Waals surface area contributed by atoms with Gasteiger partial charge < -0.3 is 20.2 Å². The first-order valence-electron chi connectivity index (χ1n) is 12.7. The Kier molecular flexibility index (Phi) is 7.35. The van der Waals surface area contributed by atoms with Crippen molar-refractivity contribution in [2.24, 2.45) is 5.41 Å². The van der Waals surface area contributed by atoms with E-state index in [4.69, 9.17) is 5.11 Å². The molecular weight excluding hydrogens is 502 g/mol. The summed E-state index contributed by atoms with van der Waals surface area (Å²) >= 11 is 1.29. The molecule has 1 aliphatic carbocycles. The Morgan fingerprint density at radius 3 is 2.43 bits per heavy atom. The van der Waals surface area contributed by atoms with E-state index in [2.05, 4.69) is 34.9 Å². The molecule has 37 heavy (non-hydrogen) atoms. The van der Waals surface area contributed by atoms with Crippen molar-refractivity contribution in [3.8, 4) is 0 Å². The smallest absolute Gasteiger partial charge is 0.262 e. The highest BCUT2D eigenvalue weighted by atomic mass is 32.2. The van der Waals surface area contributed by atoms with Gasteiger partial charge in [0, 0.05) is 62.7 Å². The molecule has 2 aromatic rings. The predicted molar refractivity (Wildman–Crippen MR) is 139 cm³/mol. The SMILES string of the molecule is Cc1cc(NC(=O)c2cnc(NSCCO)nc2N2CCC3(CC2)CC3)nc(N2CCC(F)(F)CC2)n1. The number of nitrogens with zero attached hydrogens (tertiary/aromatic N) is 6. The molecule has 200 valence electrons. The van der Waals surface area contributed by atoms with Gasteiger partial charge in [-0.05, 0) is 50.0 Å². The molecule has 0 bridgehead atoms. The number of nitrogens with one attached hydrogen (secondary N) is 2. The molecule has 2 saturated heterocycles. The van der Waals surface area contributed by atoms with Crippen molar-refractivity contribution in [2.75, 3.05) is 58.4 Å². The summed E-state index contributed by atoms with van der Waals surface area (Å²) < 4.78 is 30.2. The molecule has 2 aliphatic heterocycles. The summed E-state index contributed by atoms with van der Waals surface area (Å²) in [5.74, 6) is -1.03. The Balaban J connectivity index is 1.35. The molecule has 0 aromatic carbocycles. The van der Waals surface area contributed by atoms with Crippen LogP contribution in [-0.4, -0.2) is 75.4 Å². The summed E-state index contributed by atoms with van der Waals surface area (Å²) in [6.07, 6.45) is 5.69. The molecular formula is C24H32F2N8O2S. The Morgan fingerprint density at radius 2 is 1.76 bits per heavy atom. The van der Waals surface area contributed by atoms with Crippen LogP contribution in [-0.2, 0) is 0 Å². The minimum Gasteiger partial charge on any atom is -0.395 e. The van der Waals surface area contributed by atoms with Crippen LogP contribution in [0.4, 0.5) is 32.3 Å². The van der Waals surface area contributed by atoms with E-state index in [-0.39, 0.29) is 32.5 Å². The number of aliphatic hydroxyl groups excluding tert-OH is 1. The number of hydrogen-bond donors (Lipinski definition) is 3. The van der Waals surface area contributed by atoms with Gasteiger partial charge in [0.25, 0.3) is 11.8 Å². The van der Waals surface area contributed by atoms with Crippen molar-refractivity contribution in [1.82, 2.24) is 19.9 Å². The average Bonchev–Trinajstić information content (AvgIpc) is 3.62. The van der Waals surface area contributed by atoms with E-state index in [0.29, 0.717) is 46.0 Å². The molecule has 3 N–H and O–H groups in total. The maximum Gasteiger partial charge on any atom is 0.262 e. The topological polar surface area (TPSA) is 119 Å². The minimum atomic E-state index is -2.67. The molecule has 4 heterocycles. The van der Waals surface area contributed by atoms with Crippen molar-refractivity contribution in [3.63, 3.8) is 0 Å². The minimum absolute atomic E-state index is 0.0272. The monoisotopic (exact) mass is 534 g/mol. The fourth-order valence-corrected chi connectivity index (χ4v) is 5.25. The molecule has 0 unspecified atom stereocenters. The normalized spacial score (nSPS) is 20.1. The number of rotatable bonds is 8. The molecule has 2 aromatic heterocycles. The zero-order chi connectivity index (χ0) is 26.0. The first kappa shape index (κ1) is 25.8. The van der Waals surface area contributed by atoms with Gasteiger partial charge in [-0.25, -0.2) is 18.7 Å². The molecule has 0 radical (unpaired) electrons. The number of halogens is 2. The van der Waals surface area contributed by atoms with Crippen LogP contribution in [0.5, 0.6) is 0 Å². The molecule has 0 atom stereocenters. The number of aryl methyl sites for hydroxylation is 1. The van der Waals surface area contributed by atoms with E-state index in [1.165, 1.54) is 31.0 Å². The van der Waals surface area contributed by atoms with Crippen molar-refractivity contribution in [3.05, 3.63) is 23.5 Å². The summed E-state index contributed by atoms with van der Waals surface area (Å²) in [4.78, 5) is 35.1. The molecule has 10 nitrogen and oxygen atoms in total. The lowest BCUT2D eigenvalue weighted by Crippen LogP contribution is -2.40. The lowest BCUT2D eigenvalue weighted by atomic mass is 9.93. The number of amides is 1. The number of aliphatic hydroxyl groups is 1. The van der Waals surface area contributed by atoms with Gasteiger partial charge in [-0.15, -0.1) is 0 Å². The molecule has 13 heteroatoms. The zero-order valence-corrected chi connectivity index (χ0v) is 21.7. The van der Waals surface area contributed by atoms with Gasteiger partial charge in [-0.3, -0.25) is 9.52 Å².